The van der Waals surface area contributed by atoms with Crippen molar-refractivity contribution >= 4 is 23.2 Å². The standard InChI is InChI=1S/C17H14ClN3O2/c1-10-9-14(18)7-8-15(10)20-17(22)13-5-3-12(4-6-13)16-19-11(2)23-21-16/h3-9H,1-2H3,(H,20,22). The molecule has 0 saturated carbocycles. The highest BCUT2D eigenvalue weighted by Crippen LogP contribution is 2.21. The molecule has 0 saturated heterocycles. The van der Waals surface area contributed by atoms with Gasteiger partial charge in [0.1, 0.15) is 0 Å². The third kappa shape index (κ3) is 3.40. The lowest BCUT2D eigenvalue weighted by Crippen LogP contribution is -2.12. The van der Waals surface area contributed by atoms with Gasteiger partial charge in [0, 0.05) is 28.8 Å². The van der Waals surface area contributed by atoms with Crippen LogP contribution >= 0.6 is 11.6 Å². The number of carbonyl (C=O) groups excluding carboxylic acids is 1. The Morgan fingerprint density at radius 2 is 1.87 bits per heavy atom. The molecule has 1 heterocycles. The van der Waals surface area contributed by atoms with Gasteiger partial charge in [-0.05, 0) is 42.8 Å². The van der Waals surface area contributed by atoms with E-state index in [-0.39, 0.29) is 5.91 Å². The van der Waals surface area contributed by atoms with Crippen molar-refractivity contribution in [2.75, 3.05) is 5.32 Å². The first kappa shape index (κ1) is 15.2. The molecule has 3 aromatic rings. The minimum absolute atomic E-state index is 0.189. The van der Waals surface area contributed by atoms with Gasteiger partial charge in [-0.1, -0.05) is 28.9 Å². The molecular weight excluding hydrogens is 314 g/mol. The Bertz CT molecular complexity index is 857. The average molecular weight is 328 g/mol. The zero-order valence-corrected chi connectivity index (χ0v) is 13.4. The van der Waals surface area contributed by atoms with Gasteiger partial charge in [-0.3, -0.25) is 4.79 Å². The molecule has 0 bridgehead atoms. The summed E-state index contributed by atoms with van der Waals surface area (Å²) in [4.78, 5) is 16.5. The summed E-state index contributed by atoms with van der Waals surface area (Å²) in [5, 5.41) is 7.36. The largest absolute Gasteiger partial charge is 0.339 e. The van der Waals surface area contributed by atoms with Crippen LogP contribution in [-0.4, -0.2) is 16.0 Å². The number of nitrogens with zero attached hydrogens (tertiary/aromatic N) is 2. The fourth-order valence-corrected chi connectivity index (χ4v) is 2.38. The summed E-state index contributed by atoms with van der Waals surface area (Å²) in [6.45, 7) is 3.62. The number of benzene rings is 2. The van der Waals surface area contributed by atoms with E-state index >= 15 is 0 Å². The minimum atomic E-state index is -0.189. The third-order valence-corrected chi connectivity index (χ3v) is 3.60. The number of nitrogens with one attached hydrogen (secondary N) is 1. The highest BCUT2D eigenvalue weighted by Gasteiger charge is 2.10. The van der Waals surface area contributed by atoms with Crippen molar-refractivity contribution in [1.29, 1.82) is 0 Å². The number of carbonyl (C=O) groups is 1. The molecule has 23 heavy (non-hydrogen) atoms. The number of hydrogen-bond acceptors (Lipinski definition) is 4. The van der Waals surface area contributed by atoms with Gasteiger partial charge in [0.2, 0.25) is 11.7 Å². The second-order valence-electron chi connectivity index (χ2n) is 5.13. The maximum absolute atomic E-state index is 12.3. The molecule has 0 spiro atoms. The molecule has 1 aromatic heterocycles. The lowest BCUT2D eigenvalue weighted by Gasteiger charge is -2.09. The number of rotatable bonds is 3. The maximum atomic E-state index is 12.3. The van der Waals surface area contributed by atoms with E-state index in [0.29, 0.717) is 22.3 Å². The lowest BCUT2D eigenvalue weighted by atomic mass is 10.1. The van der Waals surface area contributed by atoms with Crippen molar-refractivity contribution in [1.82, 2.24) is 10.1 Å². The molecule has 0 radical (unpaired) electrons. The smallest absolute Gasteiger partial charge is 0.255 e. The van der Waals surface area contributed by atoms with Gasteiger partial charge in [0.15, 0.2) is 0 Å². The fourth-order valence-electron chi connectivity index (χ4n) is 2.15. The zero-order chi connectivity index (χ0) is 16.4. The second-order valence-corrected chi connectivity index (χ2v) is 5.56. The summed E-state index contributed by atoms with van der Waals surface area (Å²) in [6, 6.07) is 12.3. The van der Waals surface area contributed by atoms with Crippen LogP contribution in [0.15, 0.2) is 47.0 Å². The number of aryl methyl sites for hydroxylation is 2. The van der Waals surface area contributed by atoms with Crippen LogP contribution in [0.3, 0.4) is 0 Å². The van der Waals surface area contributed by atoms with Crippen molar-refractivity contribution in [3.05, 3.63) is 64.5 Å². The number of amides is 1. The van der Waals surface area contributed by atoms with Crippen molar-refractivity contribution in [2.45, 2.75) is 13.8 Å². The van der Waals surface area contributed by atoms with Gasteiger partial charge < -0.3 is 9.84 Å². The molecule has 0 aliphatic carbocycles. The first-order chi connectivity index (χ1) is 11.0. The van der Waals surface area contributed by atoms with Crippen LogP contribution in [0.4, 0.5) is 5.69 Å². The van der Waals surface area contributed by atoms with Crippen LogP contribution in [-0.2, 0) is 0 Å². The number of anilines is 1. The van der Waals surface area contributed by atoms with E-state index in [1.54, 1.807) is 49.4 Å². The van der Waals surface area contributed by atoms with Crippen molar-refractivity contribution in [2.24, 2.45) is 0 Å². The first-order valence-corrected chi connectivity index (χ1v) is 7.39. The van der Waals surface area contributed by atoms with Crippen LogP contribution in [0.1, 0.15) is 21.8 Å². The number of hydrogen-bond donors (Lipinski definition) is 1. The fraction of sp³-hybridized carbons (Fsp3) is 0.118. The quantitative estimate of drug-likeness (QED) is 0.780. The van der Waals surface area contributed by atoms with Crippen molar-refractivity contribution in [3.8, 4) is 11.4 Å². The van der Waals surface area contributed by atoms with E-state index in [1.165, 1.54) is 0 Å². The average Bonchev–Trinajstić information content (AvgIpc) is 2.97. The predicted octanol–water partition coefficient (Wildman–Crippen LogP) is 4.26. The van der Waals surface area contributed by atoms with Crippen molar-refractivity contribution in [3.63, 3.8) is 0 Å². The monoisotopic (exact) mass is 327 g/mol. The van der Waals surface area contributed by atoms with Gasteiger partial charge in [-0.25, -0.2) is 0 Å². The summed E-state index contributed by atoms with van der Waals surface area (Å²) in [5.41, 5.74) is 2.98. The van der Waals surface area contributed by atoms with Crippen LogP contribution in [0.25, 0.3) is 11.4 Å². The van der Waals surface area contributed by atoms with Crippen LogP contribution < -0.4 is 5.32 Å². The SMILES string of the molecule is Cc1nc(-c2ccc(C(=O)Nc3ccc(Cl)cc3C)cc2)no1. The van der Waals surface area contributed by atoms with E-state index in [0.717, 1.165) is 16.8 Å². The summed E-state index contributed by atoms with van der Waals surface area (Å²) >= 11 is 5.92. The Morgan fingerprint density at radius 1 is 1.13 bits per heavy atom. The van der Waals surface area contributed by atoms with E-state index < -0.39 is 0 Å². The molecule has 0 aliphatic rings. The van der Waals surface area contributed by atoms with E-state index in [1.807, 2.05) is 6.92 Å². The Labute approximate surface area is 138 Å². The molecule has 0 aliphatic heterocycles. The summed E-state index contributed by atoms with van der Waals surface area (Å²) < 4.78 is 4.95. The molecule has 0 unspecified atom stereocenters. The van der Waals surface area contributed by atoms with Gasteiger partial charge in [0.25, 0.3) is 5.91 Å². The Kier molecular flexibility index (Phi) is 4.12. The normalized spacial score (nSPS) is 10.6. The Balaban J connectivity index is 1.77. The van der Waals surface area contributed by atoms with Crippen LogP contribution in [0, 0.1) is 13.8 Å². The topological polar surface area (TPSA) is 68.0 Å². The molecule has 0 fully saturated rings. The summed E-state index contributed by atoms with van der Waals surface area (Å²) in [5.74, 6) is 0.814. The number of halogens is 1. The van der Waals surface area contributed by atoms with Crippen LogP contribution in [0.5, 0.6) is 0 Å². The summed E-state index contributed by atoms with van der Waals surface area (Å²) in [7, 11) is 0. The maximum Gasteiger partial charge on any atom is 0.255 e. The molecule has 5 nitrogen and oxygen atoms in total. The molecule has 0 atom stereocenters. The van der Waals surface area contributed by atoms with Gasteiger partial charge in [-0.2, -0.15) is 4.98 Å². The minimum Gasteiger partial charge on any atom is -0.339 e. The molecule has 3 rings (SSSR count). The predicted molar refractivity (Wildman–Crippen MR) is 88.6 cm³/mol. The lowest BCUT2D eigenvalue weighted by molar-refractivity contribution is 0.102. The molecule has 1 N–H and O–H groups in total. The van der Waals surface area contributed by atoms with E-state index in [4.69, 9.17) is 16.1 Å². The third-order valence-electron chi connectivity index (χ3n) is 3.37. The van der Waals surface area contributed by atoms with Gasteiger partial charge >= 0.3 is 0 Å². The molecular formula is C17H14ClN3O2. The summed E-state index contributed by atoms with van der Waals surface area (Å²) in [6.07, 6.45) is 0. The number of aromatic nitrogens is 2. The van der Waals surface area contributed by atoms with Crippen LogP contribution in [0.2, 0.25) is 5.02 Å². The first-order valence-electron chi connectivity index (χ1n) is 7.01. The highest BCUT2D eigenvalue weighted by molar-refractivity contribution is 6.30. The second kappa shape index (κ2) is 6.22. The van der Waals surface area contributed by atoms with Gasteiger partial charge in [-0.15, -0.1) is 0 Å². The Morgan fingerprint density at radius 3 is 2.48 bits per heavy atom. The zero-order valence-electron chi connectivity index (χ0n) is 12.6. The molecule has 6 heteroatoms. The van der Waals surface area contributed by atoms with E-state index in [9.17, 15) is 4.79 Å². The van der Waals surface area contributed by atoms with Crippen molar-refractivity contribution < 1.29 is 9.32 Å². The van der Waals surface area contributed by atoms with E-state index in [2.05, 4.69) is 15.5 Å². The molecule has 116 valence electrons. The molecule has 1 amide bonds. The highest BCUT2D eigenvalue weighted by atomic mass is 35.5. The van der Waals surface area contributed by atoms with Gasteiger partial charge in [0.05, 0.1) is 0 Å². The molecule has 2 aromatic carbocycles. The Hall–Kier alpha value is -2.66.